The molecule has 1 aromatic rings. The zero-order valence-electron chi connectivity index (χ0n) is 5.46. The lowest BCUT2D eigenvalue weighted by molar-refractivity contribution is 1.65. The Kier molecular flexibility index (Phi) is 2.55. The van der Waals surface area contributed by atoms with Gasteiger partial charge in [-0.05, 0) is 12.1 Å². The summed E-state index contributed by atoms with van der Waals surface area (Å²) in [7, 11) is 0. The fraction of sp³-hybridized carbons (Fsp3) is 0. The molecular weight excluding hydrogens is 126 g/mol. The van der Waals surface area contributed by atoms with Crippen molar-refractivity contribution in [3.8, 4) is 0 Å². The fourth-order valence-corrected chi connectivity index (χ4v) is 0.602. The second-order valence-electron chi connectivity index (χ2n) is 1.85. The maximum atomic E-state index is 5.43. The van der Waals surface area contributed by atoms with Crippen molar-refractivity contribution in [2.24, 2.45) is 0 Å². The Morgan fingerprint density at radius 3 is 1.60 bits per heavy atom. The predicted molar refractivity (Wildman–Crippen MR) is 42.9 cm³/mol. The van der Waals surface area contributed by atoms with E-state index in [1.807, 2.05) is 0 Å². The molecule has 0 bridgehead atoms. The SMILES string of the molecule is Nc1cccc(N)c1N.[C]. The van der Waals surface area contributed by atoms with E-state index in [2.05, 4.69) is 0 Å². The van der Waals surface area contributed by atoms with Crippen molar-refractivity contribution in [3.05, 3.63) is 25.6 Å². The van der Waals surface area contributed by atoms with Crippen molar-refractivity contribution in [1.82, 2.24) is 0 Å². The molecule has 0 heterocycles. The first-order valence-corrected chi connectivity index (χ1v) is 2.61. The average Bonchev–Trinajstić information content (AvgIpc) is 1.83. The van der Waals surface area contributed by atoms with E-state index in [-0.39, 0.29) is 7.43 Å². The lowest BCUT2D eigenvalue weighted by Crippen LogP contribution is -1.98. The maximum absolute atomic E-state index is 5.43. The molecule has 0 saturated heterocycles. The van der Waals surface area contributed by atoms with E-state index in [4.69, 9.17) is 17.2 Å². The number of para-hydroxylation sites is 1. The minimum atomic E-state index is 0. The topological polar surface area (TPSA) is 78.1 Å². The number of hydrogen-bond acceptors (Lipinski definition) is 3. The molecule has 3 nitrogen and oxygen atoms in total. The molecule has 0 fully saturated rings. The predicted octanol–water partition coefficient (Wildman–Crippen LogP) is 0.514. The molecule has 0 saturated carbocycles. The lowest BCUT2D eigenvalue weighted by Gasteiger charge is -2.00. The van der Waals surface area contributed by atoms with Crippen LogP contribution in [0.3, 0.4) is 0 Å². The number of nitrogen functional groups attached to an aromatic ring is 3. The van der Waals surface area contributed by atoms with Crippen LogP contribution in [0.4, 0.5) is 17.1 Å². The molecule has 0 aliphatic heterocycles. The zero-order chi connectivity index (χ0) is 6.85. The van der Waals surface area contributed by atoms with Crippen molar-refractivity contribution in [3.63, 3.8) is 0 Å². The van der Waals surface area contributed by atoms with Crippen molar-refractivity contribution in [2.75, 3.05) is 17.2 Å². The Balaban J connectivity index is 0.000000810. The summed E-state index contributed by atoms with van der Waals surface area (Å²) in [5.74, 6) is 0. The number of benzene rings is 1. The van der Waals surface area contributed by atoms with Gasteiger partial charge in [-0.15, -0.1) is 0 Å². The van der Waals surface area contributed by atoms with Gasteiger partial charge in [0.1, 0.15) is 0 Å². The lowest BCUT2D eigenvalue weighted by atomic mass is 10.2. The van der Waals surface area contributed by atoms with E-state index in [1.54, 1.807) is 18.2 Å². The molecule has 10 heavy (non-hydrogen) atoms. The normalized spacial score (nSPS) is 8.40. The van der Waals surface area contributed by atoms with Gasteiger partial charge in [-0.1, -0.05) is 6.07 Å². The first kappa shape index (κ1) is 8.62. The third kappa shape index (κ3) is 1.31. The Morgan fingerprint density at radius 2 is 1.30 bits per heavy atom. The summed E-state index contributed by atoms with van der Waals surface area (Å²) in [6.45, 7) is 0. The highest BCUT2D eigenvalue weighted by Crippen LogP contribution is 2.20. The van der Waals surface area contributed by atoms with Gasteiger partial charge in [0.2, 0.25) is 0 Å². The van der Waals surface area contributed by atoms with Crippen molar-refractivity contribution >= 4 is 17.1 Å². The molecule has 1 rings (SSSR count). The van der Waals surface area contributed by atoms with Crippen LogP contribution in [-0.4, -0.2) is 0 Å². The summed E-state index contributed by atoms with van der Waals surface area (Å²) in [5.41, 5.74) is 17.8. The van der Waals surface area contributed by atoms with Crippen LogP contribution in [0.1, 0.15) is 0 Å². The van der Waals surface area contributed by atoms with Gasteiger partial charge in [0.15, 0.2) is 0 Å². The van der Waals surface area contributed by atoms with Gasteiger partial charge in [-0.2, -0.15) is 0 Å². The van der Waals surface area contributed by atoms with Crippen molar-refractivity contribution in [2.45, 2.75) is 0 Å². The number of nitrogens with two attached hydrogens (primary N) is 3. The quantitative estimate of drug-likeness (QED) is 0.453. The Bertz CT molecular complexity index is 200. The zero-order valence-corrected chi connectivity index (χ0v) is 5.46. The van der Waals surface area contributed by atoms with Gasteiger partial charge in [0, 0.05) is 7.43 Å². The average molecular weight is 135 g/mol. The molecule has 1 aromatic carbocycles. The van der Waals surface area contributed by atoms with E-state index >= 15 is 0 Å². The van der Waals surface area contributed by atoms with Crippen molar-refractivity contribution in [1.29, 1.82) is 0 Å². The summed E-state index contributed by atoms with van der Waals surface area (Å²) < 4.78 is 0. The Hall–Kier alpha value is -1.38. The highest BCUT2D eigenvalue weighted by atomic mass is 14.7. The number of rotatable bonds is 0. The summed E-state index contributed by atoms with van der Waals surface area (Å²) in [4.78, 5) is 0. The maximum Gasteiger partial charge on any atom is 0.0781 e. The van der Waals surface area contributed by atoms with E-state index in [0.717, 1.165) is 0 Å². The van der Waals surface area contributed by atoms with Crippen LogP contribution >= 0.6 is 0 Å². The van der Waals surface area contributed by atoms with E-state index in [1.165, 1.54) is 0 Å². The van der Waals surface area contributed by atoms with Crippen LogP contribution in [0.15, 0.2) is 18.2 Å². The molecule has 0 amide bonds. The molecule has 0 unspecified atom stereocenters. The van der Waals surface area contributed by atoms with Gasteiger partial charge in [0.25, 0.3) is 0 Å². The molecule has 0 aliphatic rings. The molecule has 3 heteroatoms. The van der Waals surface area contributed by atoms with Crippen LogP contribution in [-0.2, 0) is 0 Å². The van der Waals surface area contributed by atoms with Gasteiger partial charge < -0.3 is 17.2 Å². The molecule has 0 aromatic heterocycles. The highest BCUT2D eigenvalue weighted by Gasteiger charge is 1.94. The molecular formula is C7H9N3. The van der Waals surface area contributed by atoms with Crippen molar-refractivity contribution < 1.29 is 0 Å². The van der Waals surface area contributed by atoms with E-state index in [9.17, 15) is 0 Å². The second-order valence-corrected chi connectivity index (χ2v) is 1.85. The monoisotopic (exact) mass is 135 g/mol. The van der Waals surface area contributed by atoms with Crippen LogP contribution < -0.4 is 17.2 Å². The smallest absolute Gasteiger partial charge is 0.0781 e. The van der Waals surface area contributed by atoms with Crippen LogP contribution in [0.25, 0.3) is 0 Å². The van der Waals surface area contributed by atoms with E-state index < -0.39 is 0 Å². The van der Waals surface area contributed by atoms with E-state index in [0.29, 0.717) is 17.1 Å². The molecule has 4 radical (unpaired) electrons. The third-order valence-corrected chi connectivity index (χ3v) is 1.17. The van der Waals surface area contributed by atoms with Gasteiger partial charge in [0.05, 0.1) is 17.1 Å². The highest BCUT2D eigenvalue weighted by molar-refractivity contribution is 5.76. The Labute approximate surface area is 60.8 Å². The van der Waals surface area contributed by atoms with Gasteiger partial charge in [-0.25, -0.2) is 0 Å². The summed E-state index contributed by atoms with van der Waals surface area (Å²) in [5, 5.41) is 0. The fourth-order valence-electron chi connectivity index (χ4n) is 0.602. The summed E-state index contributed by atoms with van der Waals surface area (Å²) >= 11 is 0. The van der Waals surface area contributed by atoms with Crippen LogP contribution in [0, 0.1) is 7.43 Å². The molecule has 52 valence electrons. The first-order chi connectivity index (χ1) is 4.22. The minimum Gasteiger partial charge on any atom is -0.397 e. The second kappa shape index (κ2) is 2.96. The summed E-state index contributed by atoms with van der Waals surface area (Å²) in [6.07, 6.45) is 0. The number of hydrogen-bond donors (Lipinski definition) is 3. The third-order valence-electron chi connectivity index (χ3n) is 1.17. The van der Waals surface area contributed by atoms with Crippen LogP contribution in [0.5, 0.6) is 0 Å². The van der Waals surface area contributed by atoms with Gasteiger partial charge in [-0.3, -0.25) is 0 Å². The standard InChI is InChI=1S/C6H9N3.C/c7-4-2-1-3-5(8)6(4)9;/h1-3H,7-9H2;. The van der Waals surface area contributed by atoms with Gasteiger partial charge >= 0.3 is 0 Å². The minimum absolute atomic E-state index is 0. The van der Waals surface area contributed by atoms with Crippen LogP contribution in [0.2, 0.25) is 0 Å². The number of anilines is 3. The molecule has 6 N–H and O–H groups in total. The Morgan fingerprint density at radius 1 is 0.900 bits per heavy atom. The largest absolute Gasteiger partial charge is 0.397 e. The molecule has 0 spiro atoms. The molecule has 0 atom stereocenters. The summed E-state index contributed by atoms with van der Waals surface area (Å²) in [6, 6.07) is 5.19. The molecule has 0 aliphatic carbocycles. The first-order valence-electron chi connectivity index (χ1n) is 2.61.